The monoisotopic (exact) mass is 269 g/mol. The van der Waals surface area contributed by atoms with Gasteiger partial charge >= 0.3 is 0 Å². The molecule has 0 amide bonds. The molecule has 94 valence electrons. The Hall–Kier alpha value is -2.13. The Morgan fingerprint density at radius 1 is 1.05 bits per heavy atom. The summed E-state index contributed by atoms with van der Waals surface area (Å²) >= 11 is 5.97. The highest BCUT2D eigenvalue weighted by Crippen LogP contribution is 2.26. The molecule has 3 rings (SSSR count). The lowest BCUT2D eigenvalue weighted by molar-refractivity contribution is 1.22. The smallest absolute Gasteiger partial charge is 0.162 e. The second kappa shape index (κ2) is 4.52. The zero-order chi connectivity index (χ0) is 13.4. The van der Waals surface area contributed by atoms with E-state index < -0.39 is 0 Å². The number of nitrogen functional groups attached to an aromatic ring is 1. The highest BCUT2D eigenvalue weighted by Gasteiger charge is 2.09. The molecular formula is C15H12ClN3. The molecule has 1 heterocycles. The van der Waals surface area contributed by atoms with Crippen LogP contribution in [0.3, 0.4) is 0 Å². The Bertz CT molecular complexity index is 768. The van der Waals surface area contributed by atoms with Crippen molar-refractivity contribution in [2.45, 2.75) is 6.92 Å². The Morgan fingerprint density at radius 3 is 2.63 bits per heavy atom. The van der Waals surface area contributed by atoms with Gasteiger partial charge in [0.05, 0.1) is 5.52 Å². The number of nitrogens with zero attached hydrogens (tertiary/aromatic N) is 2. The first-order valence-electron chi connectivity index (χ1n) is 5.94. The van der Waals surface area contributed by atoms with Crippen LogP contribution in [0, 0.1) is 6.92 Å². The maximum Gasteiger partial charge on any atom is 0.162 e. The molecule has 0 unspecified atom stereocenters. The Kier molecular flexibility index (Phi) is 2.84. The first-order chi connectivity index (χ1) is 9.15. The summed E-state index contributed by atoms with van der Waals surface area (Å²) in [5.74, 6) is 1.13. The van der Waals surface area contributed by atoms with E-state index >= 15 is 0 Å². The molecule has 0 bridgehead atoms. The van der Waals surface area contributed by atoms with Crippen molar-refractivity contribution in [1.29, 1.82) is 0 Å². The number of anilines is 1. The maximum absolute atomic E-state index is 6.00. The van der Waals surface area contributed by atoms with Gasteiger partial charge in [-0.2, -0.15) is 0 Å². The summed E-state index contributed by atoms with van der Waals surface area (Å²) in [6.45, 7) is 1.98. The van der Waals surface area contributed by atoms with Gasteiger partial charge in [-0.25, -0.2) is 9.97 Å². The fourth-order valence-electron chi connectivity index (χ4n) is 2.10. The zero-order valence-corrected chi connectivity index (χ0v) is 11.1. The molecule has 0 spiro atoms. The Morgan fingerprint density at radius 2 is 1.84 bits per heavy atom. The highest BCUT2D eigenvalue weighted by atomic mass is 35.5. The predicted molar refractivity (Wildman–Crippen MR) is 79.1 cm³/mol. The molecule has 1 aromatic heterocycles. The zero-order valence-electron chi connectivity index (χ0n) is 10.4. The highest BCUT2D eigenvalue weighted by molar-refractivity contribution is 6.30. The number of halogens is 1. The van der Waals surface area contributed by atoms with Gasteiger partial charge < -0.3 is 5.73 Å². The van der Waals surface area contributed by atoms with Crippen molar-refractivity contribution in [2.24, 2.45) is 0 Å². The SMILES string of the molecule is Cc1cc(Cl)ccc1-c1nc(N)c2ccccc2n1. The number of hydrogen-bond donors (Lipinski definition) is 1. The molecule has 0 atom stereocenters. The van der Waals surface area contributed by atoms with Crippen molar-refractivity contribution in [3.8, 4) is 11.4 Å². The van der Waals surface area contributed by atoms with Crippen LogP contribution in [0.2, 0.25) is 5.02 Å². The van der Waals surface area contributed by atoms with Gasteiger partial charge in [0.1, 0.15) is 5.82 Å². The molecule has 0 fully saturated rings. The van der Waals surface area contributed by atoms with Crippen LogP contribution in [0.15, 0.2) is 42.5 Å². The quantitative estimate of drug-likeness (QED) is 0.730. The number of nitrogens with two attached hydrogens (primary N) is 1. The van der Waals surface area contributed by atoms with E-state index in [4.69, 9.17) is 17.3 Å². The van der Waals surface area contributed by atoms with Crippen LogP contribution in [-0.2, 0) is 0 Å². The third-order valence-corrected chi connectivity index (χ3v) is 3.30. The molecule has 2 N–H and O–H groups in total. The molecule has 0 aliphatic carbocycles. The molecular weight excluding hydrogens is 258 g/mol. The van der Waals surface area contributed by atoms with Gasteiger partial charge in [0.2, 0.25) is 0 Å². The van der Waals surface area contributed by atoms with E-state index in [1.807, 2.05) is 49.4 Å². The molecule has 2 aromatic carbocycles. The van der Waals surface area contributed by atoms with Crippen molar-refractivity contribution < 1.29 is 0 Å². The van der Waals surface area contributed by atoms with Gasteiger partial charge in [-0.3, -0.25) is 0 Å². The summed E-state index contributed by atoms with van der Waals surface area (Å²) in [5, 5.41) is 1.58. The van der Waals surface area contributed by atoms with E-state index in [2.05, 4.69) is 9.97 Å². The normalized spacial score (nSPS) is 10.8. The number of aromatic nitrogens is 2. The first-order valence-corrected chi connectivity index (χ1v) is 6.32. The standard InChI is InChI=1S/C15H12ClN3/c1-9-8-10(16)6-7-11(9)15-18-13-5-3-2-4-12(13)14(17)19-15/h2-8H,1H3,(H2,17,18,19). The molecule has 0 saturated heterocycles. The summed E-state index contributed by atoms with van der Waals surface area (Å²) in [6, 6.07) is 13.4. The van der Waals surface area contributed by atoms with Crippen LogP contribution in [0.25, 0.3) is 22.3 Å². The molecule has 19 heavy (non-hydrogen) atoms. The van der Waals surface area contributed by atoms with E-state index in [9.17, 15) is 0 Å². The fourth-order valence-corrected chi connectivity index (χ4v) is 2.33. The number of aryl methyl sites for hydroxylation is 1. The Balaban J connectivity index is 2.25. The van der Waals surface area contributed by atoms with Crippen molar-refractivity contribution in [2.75, 3.05) is 5.73 Å². The molecule has 0 saturated carbocycles. The van der Waals surface area contributed by atoms with E-state index in [-0.39, 0.29) is 0 Å². The molecule has 4 heteroatoms. The largest absolute Gasteiger partial charge is 0.383 e. The second-order valence-corrected chi connectivity index (χ2v) is 4.85. The lowest BCUT2D eigenvalue weighted by Gasteiger charge is -2.08. The molecule has 0 aliphatic heterocycles. The van der Waals surface area contributed by atoms with Crippen LogP contribution in [0.4, 0.5) is 5.82 Å². The first kappa shape index (κ1) is 11.9. The number of para-hydroxylation sites is 1. The van der Waals surface area contributed by atoms with E-state index in [1.54, 1.807) is 0 Å². The van der Waals surface area contributed by atoms with Crippen LogP contribution >= 0.6 is 11.6 Å². The summed E-state index contributed by atoms with van der Waals surface area (Å²) in [5.41, 5.74) is 8.82. The van der Waals surface area contributed by atoms with Crippen molar-refractivity contribution in [1.82, 2.24) is 9.97 Å². The maximum atomic E-state index is 6.00. The minimum atomic E-state index is 0.495. The van der Waals surface area contributed by atoms with E-state index in [0.29, 0.717) is 16.7 Å². The average Bonchev–Trinajstić information content (AvgIpc) is 2.38. The second-order valence-electron chi connectivity index (χ2n) is 4.41. The Labute approximate surface area is 116 Å². The number of hydrogen-bond acceptors (Lipinski definition) is 3. The number of fused-ring (bicyclic) bond motifs is 1. The third kappa shape index (κ3) is 2.13. The van der Waals surface area contributed by atoms with Gasteiger partial charge in [-0.05, 0) is 42.8 Å². The summed E-state index contributed by atoms with van der Waals surface area (Å²) in [7, 11) is 0. The lowest BCUT2D eigenvalue weighted by atomic mass is 10.1. The fraction of sp³-hybridized carbons (Fsp3) is 0.0667. The van der Waals surface area contributed by atoms with E-state index in [0.717, 1.165) is 22.0 Å². The third-order valence-electron chi connectivity index (χ3n) is 3.06. The van der Waals surface area contributed by atoms with Crippen LogP contribution in [-0.4, -0.2) is 9.97 Å². The molecule has 3 aromatic rings. The summed E-state index contributed by atoms with van der Waals surface area (Å²) < 4.78 is 0. The minimum absolute atomic E-state index is 0.495. The van der Waals surface area contributed by atoms with Crippen LogP contribution < -0.4 is 5.73 Å². The van der Waals surface area contributed by atoms with Crippen LogP contribution in [0.1, 0.15) is 5.56 Å². The number of benzene rings is 2. The van der Waals surface area contributed by atoms with Gasteiger partial charge in [-0.15, -0.1) is 0 Å². The van der Waals surface area contributed by atoms with Gasteiger partial charge in [0, 0.05) is 16.0 Å². The van der Waals surface area contributed by atoms with E-state index in [1.165, 1.54) is 0 Å². The summed E-state index contributed by atoms with van der Waals surface area (Å²) in [4.78, 5) is 8.95. The summed E-state index contributed by atoms with van der Waals surface area (Å²) in [6.07, 6.45) is 0. The predicted octanol–water partition coefficient (Wildman–Crippen LogP) is 3.84. The van der Waals surface area contributed by atoms with Crippen molar-refractivity contribution in [3.63, 3.8) is 0 Å². The lowest BCUT2D eigenvalue weighted by Crippen LogP contribution is -1.98. The van der Waals surface area contributed by atoms with Gasteiger partial charge in [0.25, 0.3) is 0 Å². The van der Waals surface area contributed by atoms with Gasteiger partial charge in [-0.1, -0.05) is 23.7 Å². The number of rotatable bonds is 1. The molecule has 0 radical (unpaired) electrons. The molecule has 3 nitrogen and oxygen atoms in total. The van der Waals surface area contributed by atoms with Crippen molar-refractivity contribution in [3.05, 3.63) is 53.1 Å². The minimum Gasteiger partial charge on any atom is -0.383 e. The topological polar surface area (TPSA) is 51.8 Å². The van der Waals surface area contributed by atoms with Crippen molar-refractivity contribution >= 4 is 28.3 Å². The van der Waals surface area contributed by atoms with Crippen LogP contribution in [0.5, 0.6) is 0 Å². The average molecular weight is 270 g/mol. The van der Waals surface area contributed by atoms with Gasteiger partial charge in [0.15, 0.2) is 5.82 Å². The molecule has 0 aliphatic rings.